The van der Waals surface area contributed by atoms with Crippen molar-refractivity contribution in [1.29, 1.82) is 5.26 Å². The summed E-state index contributed by atoms with van der Waals surface area (Å²) in [6.07, 6.45) is -3.06. The van der Waals surface area contributed by atoms with Crippen LogP contribution in [0.5, 0.6) is 5.75 Å². The van der Waals surface area contributed by atoms with Crippen molar-refractivity contribution in [3.63, 3.8) is 0 Å². The molecule has 0 amide bonds. The Balaban J connectivity index is 2.31. The third-order valence-electron chi connectivity index (χ3n) is 2.48. The highest BCUT2D eigenvalue weighted by atomic mass is 19.4. The van der Waals surface area contributed by atoms with Gasteiger partial charge < -0.3 is 4.74 Å². The molecule has 0 unspecified atom stereocenters. The number of nitrogens with zero attached hydrogens (tertiary/aromatic N) is 2. The highest BCUT2D eigenvalue weighted by Gasteiger charge is 2.31. The molecule has 0 saturated carbocycles. The Labute approximate surface area is 113 Å². The number of ether oxygens (including phenoxy) is 1. The maximum atomic E-state index is 12.2. The normalized spacial score (nSPS) is 10.9. The number of pyridine rings is 1. The molecule has 0 atom stereocenters. The van der Waals surface area contributed by atoms with E-state index in [4.69, 9.17) is 5.26 Å². The van der Waals surface area contributed by atoms with Gasteiger partial charge in [-0.15, -0.1) is 13.2 Å². The molecule has 0 aliphatic carbocycles. The first kappa shape index (κ1) is 13.9. The van der Waals surface area contributed by atoms with E-state index in [0.29, 0.717) is 16.8 Å². The maximum Gasteiger partial charge on any atom is 0.573 e. The molecule has 0 radical (unpaired) electrons. The fraction of sp³-hybridized carbons (Fsp3) is 0.143. The van der Waals surface area contributed by atoms with Crippen molar-refractivity contribution >= 4 is 0 Å². The molecule has 1 aromatic carbocycles. The lowest BCUT2D eigenvalue weighted by molar-refractivity contribution is -0.274. The van der Waals surface area contributed by atoms with Crippen LogP contribution in [0.2, 0.25) is 0 Å². The van der Waals surface area contributed by atoms with E-state index in [0.717, 1.165) is 0 Å². The number of nitriles is 1. The van der Waals surface area contributed by atoms with Gasteiger partial charge in [-0.2, -0.15) is 5.26 Å². The fourth-order valence-electron chi connectivity index (χ4n) is 1.71. The molecule has 0 N–H and O–H groups in total. The lowest BCUT2D eigenvalue weighted by Crippen LogP contribution is -2.17. The number of rotatable bonds is 3. The fourth-order valence-corrected chi connectivity index (χ4v) is 1.71. The number of halogens is 3. The minimum absolute atomic E-state index is 0.145. The number of benzene rings is 1. The molecule has 0 saturated heterocycles. The van der Waals surface area contributed by atoms with Gasteiger partial charge in [0.25, 0.3) is 0 Å². The van der Waals surface area contributed by atoms with E-state index in [-0.39, 0.29) is 12.2 Å². The third kappa shape index (κ3) is 3.72. The number of alkyl halides is 3. The summed E-state index contributed by atoms with van der Waals surface area (Å²) in [5.74, 6) is -0.284. The second kappa shape index (κ2) is 5.61. The zero-order chi connectivity index (χ0) is 14.6. The van der Waals surface area contributed by atoms with Crippen LogP contribution in [0.4, 0.5) is 13.2 Å². The van der Waals surface area contributed by atoms with Gasteiger partial charge in [-0.05, 0) is 35.4 Å². The molecule has 6 heteroatoms. The van der Waals surface area contributed by atoms with Crippen molar-refractivity contribution in [1.82, 2.24) is 4.98 Å². The van der Waals surface area contributed by atoms with Crippen molar-refractivity contribution < 1.29 is 17.9 Å². The highest BCUT2D eigenvalue weighted by molar-refractivity contribution is 5.65. The van der Waals surface area contributed by atoms with Crippen LogP contribution >= 0.6 is 0 Å². The maximum absolute atomic E-state index is 12.2. The van der Waals surface area contributed by atoms with Gasteiger partial charge in [0, 0.05) is 6.20 Å². The minimum Gasteiger partial charge on any atom is -0.406 e. The van der Waals surface area contributed by atoms with Crippen LogP contribution in [0.15, 0.2) is 42.6 Å². The van der Waals surface area contributed by atoms with E-state index in [9.17, 15) is 13.2 Å². The summed E-state index contributed by atoms with van der Waals surface area (Å²) in [5.41, 5.74) is 1.80. The first-order valence-corrected chi connectivity index (χ1v) is 5.66. The molecule has 2 rings (SSSR count). The molecular weight excluding hydrogens is 269 g/mol. The monoisotopic (exact) mass is 278 g/mol. The summed E-state index contributed by atoms with van der Waals surface area (Å²) in [6, 6.07) is 10.9. The first-order chi connectivity index (χ1) is 9.48. The smallest absolute Gasteiger partial charge is 0.406 e. The van der Waals surface area contributed by atoms with Crippen molar-refractivity contribution in [3.8, 4) is 22.9 Å². The summed E-state index contributed by atoms with van der Waals surface area (Å²) in [4.78, 5) is 4.00. The Morgan fingerprint density at radius 1 is 1.15 bits per heavy atom. The van der Waals surface area contributed by atoms with E-state index in [1.807, 2.05) is 6.07 Å². The number of aromatic nitrogens is 1. The standard InChI is InChI=1S/C14H9F3N2O/c15-14(16,17)20-13-3-1-2-10(9-13)11-5-7-19-12(8-11)4-6-18/h1-3,5,7-9H,4H2. The van der Waals surface area contributed by atoms with Crippen LogP contribution in [0.25, 0.3) is 11.1 Å². The van der Waals surface area contributed by atoms with Gasteiger partial charge >= 0.3 is 6.36 Å². The van der Waals surface area contributed by atoms with Crippen LogP contribution in [0.1, 0.15) is 5.69 Å². The molecule has 0 spiro atoms. The lowest BCUT2D eigenvalue weighted by Gasteiger charge is -2.10. The van der Waals surface area contributed by atoms with Gasteiger partial charge in [-0.3, -0.25) is 4.98 Å². The summed E-state index contributed by atoms with van der Waals surface area (Å²) in [6.45, 7) is 0. The van der Waals surface area contributed by atoms with Gasteiger partial charge in [0.05, 0.1) is 18.2 Å². The third-order valence-corrected chi connectivity index (χ3v) is 2.48. The molecule has 20 heavy (non-hydrogen) atoms. The predicted octanol–water partition coefficient (Wildman–Crippen LogP) is 3.71. The molecule has 1 aromatic heterocycles. The zero-order valence-corrected chi connectivity index (χ0v) is 10.2. The van der Waals surface area contributed by atoms with Crippen molar-refractivity contribution in [2.75, 3.05) is 0 Å². The Bertz CT molecular complexity index is 647. The van der Waals surface area contributed by atoms with Gasteiger partial charge in [0.15, 0.2) is 0 Å². The number of hydrogen-bond acceptors (Lipinski definition) is 3. The molecule has 0 fully saturated rings. The minimum atomic E-state index is -4.72. The predicted molar refractivity (Wildman–Crippen MR) is 65.7 cm³/mol. The van der Waals surface area contributed by atoms with Gasteiger partial charge in [0.2, 0.25) is 0 Å². The van der Waals surface area contributed by atoms with Gasteiger partial charge in [-0.25, -0.2) is 0 Å². The van der Waals surface area contributed by atoms with E-state index in [1.165, 1.54) is 24.4 Å². The number of hydrogen-bond donors (Lipinski definition) is 0. The second-order valence-corrected chi connectivity index (χ2v) is 3.95. The molecule has 102 valence electrons. The molecule has 0 aliphatic heterocycles. The molecule has 3 nitrogen and oxygen atoms in total. The van der Waals surface area contributed by atoms with Crippen LogP contribution in [0.3, 0.4) is 0 Å². The summed E-state index contributed by atoms with van der Waals surface area (Å²) in [5, 5.41) is 8.62. The van der Waals surface area contributed by atoms with E-state index in [2.05, 4.69) is 9.72 Å². The molecule has 0 bridgehead atoms. The van der Waals surface area contributed by atoms with E-state index < -0.39 is 6.36 Å². The summed E-state index contributed by atoms with van der Waals surface area (Å²) < 4.78 is 40.4. The van der Waals surface area contributed by atoms with Crippen LogP contribution in [-0.2, 0) is 6.42 Å². The van der Waals surface area contributed by atoms with Gasteiger partial charge in [0.1, 0.15) is 5.75 Å². The van der Waals surface area contributed by atoms with Gasteiger partial charge in [-0.1, -0.05) is 12.1 Å². The van der Waals surface area contributed by atoms with Crippen LogP contribution in [-0.4, -0.2) is 11.3 Å². The van der Waals surface area contributed by atoms with Crippen molar-refractivity contribution in [3.05, 3.63) is 48.3 Å². The Hall–Kier alpha value is -2.55. The Kier molecular flexibility index (Phi) is 3.89. The lowest BCUT2D eigenvalue weighted by atomic mass is 10.1. The summed E-state index contributed by atoms with van der Waals surface area (Å²) in [7, 11) is 0. The average molecular weight is 278 g/mol. The van der Waals surface area contributed by atoms with Crippen molar-refractivity contribution in [2.24, 2.45) is 0 Å². The largest absolute Gasteiger partial charge is 0.573 e. The van der Waals surface area contributed by atoms with Crippen LogP contribution < -0.4 is 4.74 Å². The van der Waals surface area contributed by atoms with Crippen molar-refractivity contribution in [2.45, 2.75) is 12.8 Å². The molecular formula is C14H9F3N2O. The molecule has 1 heterocycles. The topological polar surface area (TPSA) is 45.9 Å². The molecule has 2 aromatic rings. The summed E-state index contributed by atoms with van der Waals surface area (Å²) >= 11 is 0. The van der Waals surface area contributed by atoms with E-state index >= 15 is 0 Å². The SMILES string of the molecule is N#CCc1cc(-c2cccc(OC(F)(F)F)c2)ccn1. The average Bonchev–Trinajstić information content (AvgIpc) is 2.38. The molecule has 0 aliphatic rings. The first-order valence-electron chi connectivity index (χ1n) is 5.66. The van der Waals surface area contributed by atoms with E-state index in [1.54, 1.807) is 18.2 Å². The quantitative estimate of drug-likeness (QED) is 0.859. The Morgan fingerprint density at radius 3 is 2.60 bits per heavy atom. The Morgan fingerprint density at radius 2 is 1.90 bits per heavy atom. The zero-order valence-electron chi connectivity index (χ0n) is 10.2. The van der Waals surface area contributed by atoms with Crippen LogP contribution in [0, 0.1) is 11.3 Å². The second-order valence-electron chi connectivity index (χ2n) is 3.95. The highest BCUT2D eigenvalue weighted by Crippen LogP contribution is 2.28.